The Balaban J connectivity index is 2.65. The van der Waals surface area contributed by atoms with Gasteiger partial charge in [0.2, 0.25) is 0 Å². The molecule has 1 aromatic rings. The molecule has 1 rings (SSSR count). The quantitative estimate of drug-likeness (QED) is 0.776. The largest absolute Gasteiger partial charge is 0.481 e. The van der Waals surface area contributed by atoms with Crippen molar-refractivity contribution in [1.82, 2.24) is 9.03 Å². The maximum atomic E-state index is 13.3. The molecule has 0 radical (unpaired) electrons. The highest BCUT2D eigenvalue weighted by molar-refractivity contribution is 7.87. The Labute approximate surface area is 115 Å². The number of aliphatic carboxylic acids is 1. The standard InChI is InChI=1S/C11H14F2N2O4S/c1-15(5-4-11(16)17)20(18,19)14-7-8-2-3-9(12)6-10(8)13/h2-3,6,14H,4-5,7H2,1H3,(H,16,17). The maximum Gasteiger partial charge on any atom is 0.304 e. The lowest BCUT2D eigenvalue weighted by atomic mass is 10.2. The van der Waals surface area contributed by atoms with Crippen molar-refractivity contribution in [2.45, 2.75) is 13.0 Å². The van der Waals surface area contributed by atoms with Gasteiger partial charge in [0, 0.05) is 31.8 Å². The topological polar surface area (TPSA) is 86.7 Å². The molecule has 0 heterocycles. The van der Waals surface area contributed by atoms with Crippen LogP contribution in [0.3, 0.4) is 0 Å². The first kappa shape index (κ1) is 16.5. The van der Waals surface area contributed by atoms with Crippen LogP contribution >= 0.6 is 0 Å². The zero-order chi connectivity index (χ0) is 15.3. The Hall–Kier alpha value is -1.58. The highest BCUT2D eigenvalue weighted by Crippen LogP contribution is 2.10. The minimum absolute atomic E-state index is 0.0124. The summed E-state index contributed by atoms with van der Waals surface area (Å²) in [5.41, 5.74) is -0.0124. The van der Waals surface area contributed by atoms with E-state index in [1.807, 2.05) is 0 Å². The fourth-order valence-electron chi connectivity index (χ4n) is 1.32. The molecule has 0 amide bonds. The number of benzene rings is 1. The number of carboxylic acid groups (broad SMARTS) is 1. The molecular formula is C11H14F2N2O4S. The number of rotatable bonds is 7. The van der Waals surface area contributed by atoms with Crippen molar-refractivity contribution in [3.8, 4) is 0 Å². The lowest BCUT2D eigenvalue weighted by Crippen LogP contribution is -2.39. The van der Waals surface area contributed by atoms with Crippen LogP contribution in [0.5, 0.6) is 0 Å². The van der Waals surface area contributed by atoms with Crippen LogP contribution in [0.4, 0.5) is 8.78 Å². The summed E-state index contributed by atoms with van der Waals surface area (Å²) in [6, 6.07) is 2.79. The summed E-state index contributed by atoms with van der Waals surface area (Å²) in [7, 11) is -2.72. The molecule has 0 spiro atoms. The van der Waals surface area contributed by atoms with Crippen LogP contribution in [0.1, 0.15) is 12.0 Å². The molecule has 0 unspecified atom stereocenters. The number of nitrogens with one attached hydrogen (secondary N) is 1. The minimum Gasteiger partial charge on any atom is -0.481 e. The first-order chi connectivity index (χ1) is 9.22. The molecule has 0 fully saturated rings. The molecule has 20 heavy (non-hydrogen) atoms. The number of carbonyl (C=O) groups is 1. The monoisotopic (exact) mass is 308 g/mol. The van der Waals surface area contributed by atoms with Crippen molar-refractivity contribution < 1.29 is 27.1 Å². The molecule has 0 aliphatic rings. The number of carboxylic acids is 1. The van der Waals surface area contributed by atoms with E-state index < -0.39 is 27.8 Å². The summed E-state index contributed by atoms with van der Waals surface area (Å²) in [5.74, 6) is -2.75. The van der Waals surface area contributed by atoms with Crippen LogP contribution in [-0.4, -0.2) is 37.4 Å². The summed E-state index contributed by atoms with van der Waals surface area (Å²) in [5, 5.41) is 8.47. The van der Waals surface area contributed by atoms with Crippen LogP contribution in [-0.2, 0) is 21.5 Å². The van der Waals surface area contributed by atoms with Gasteiger partial charge in [-0.15, -0.1) is 0 Å². The van der Waals surface area contributed by atoms with Gasteiger partial charge in [0.25, 0.3) is 10.2 Å². The number of hydrogen-bond acceptors (Lipinski definition) is 3. The number of nitrogens with zero attached hydrogens (tertiary/aromatic N) is 1. The Morgan fingerprint density at radius 3 is 2.60 bits per heavy atom. The van der Waals surface area contributed by atoms with E-state index in [1.165, 1.54) is 7.05 Å². The van der Waals surface area contributed by atoms with Crippen molar-refractivity contribution >= 4 is 16.2 Å². The smallest absolute Gasteiger partial charge is 0.304 e. The third-order valence-electron chi connectivity index (χ3n) is 2.51. The average molecular weight is 308 g/mol. The number of halogens is 2. The molecule has 2 N–H and O–H groups in total. The third-order valence-corrected chi connectivity index (χ3v) is 4.02. The van der Waals surface area contributed by atoms with Crippen molar-refractivity contribution in [1.29, 1.82) is 0 Å². The van der Waals surface area contributed by atoms with Gasteiger partial charge in [-0.25, -0.2) is 8.78 Å². The molecule has 6 nitrogen and oxygen atoms in total. The van der Waals surface area contributed by atoms with Crippen LogP contribution in [0.15, 0.2) is 18.2 Å². The normalized spacial score (nSPS) is 11.8. The van der Waals surface area contributed by atoms with Crippen LogP contribution in [0.2, 0.25) is 0 Å². The van der Waals surface area contributed by atoms with Crippen molar-refractivity contribution in [2.24, 2.45) is 0 Å². The minimum atomic E-state index is -3.92. The van der Waals surface area contributed by atoms with Gasteiger partial charge in [0.1, 0.15) is 11.6 Å². The Morgan fingerprint density at radius 2 is 2.05 bits per heavy atom. The molecule has 112 valence electrons. The SMILES string of the molecule is CN(CCC(=O)O)S(=O)(=O)NCc1ccc(F)cc1F. The van der Waals surface area contributed by atoms with E-state index in [0.717, 1.165) is 16.4 Å². The van der Waals surface area contributed by atoms with Gasteiger partial charge in [0.05, 0.1) is 6.42 Å². The molecule has 0 atom stereocenters. The zero-order valence-electron chi connectivity index (χ0n) is 10.6. The van der Waals surface area contributed by atoms with Crippen LogP contribution < -0.4 is 4.72 Å². The van der Waals surface area contributed by atoms with Gasteiger partial charge in [-0.2, -0.15) is 17.4 Å². The second kappa shape index (κ2) is 6.73. The maximum absolute atomic E-state index is 13.3. The molecule has 0 saturated heterocycles. The van der Waals surface area contributed by atoms with Crippen molar-refractivity contribution in [3.63, 3.8) is 0 Å². The summed E-state index contributed by atoms with van der Waals surface area (Å²) < 4.78 is 52.3. The van der Waals surface area contributed by atoms with Gasteiger partial charge in [-0.1, -0.05) is 6.07 Å². The fraction of sp³-hybridized carbons (Fsp3) is 0.364. The third kappa shape index (κ3) is 4.83. The van der Waals surface area contributed by atoms with Gasteiger partial charge >= 0.3 is 5.97 Å². The zero-order valence-corrected chi connectivity index (χ0v) is 11.5. The van der Waals surface area contributed by atoms with Gasteiger partial charge in [0.15, 0.2) is 0 Å². The predicted molar refractivity (Wildman–Crippen MR) is 67.0 cm³/mol. The van der Waals surface area contributed by atoms with E-state index in [2.05, 4.69) is 4.72 Å². The predicted octanol–water partition coefficient (Wildman–Crippen LogP) is 0.706. The second-order valence-electron chi connectivity index (χ2n) is 4.03. The van der Waals surface area contributed by atoms with E-state index in [1.54, 1.807) is 0 Å². The van der Waals surface area contributed by atoms with E-state index in [0.29, 0.717) is 6.07 Å². The molecular weight excluding hydrogens is 294 g/mol. The molecule has 0 aromatic heterocycles. The highest BCUT2D eigenvalue weighted by atomic mass is 32.2. The first-order valence-electron chi connectivity index (χ1n) is 5.59. The van der Waals surface area contributed by atoms with E-state index in [9.17, 15) is 22.0 Å². The highest BCUT2D eigenvalue weighted by Gasteiger charge is 2.18. The van der Waals surface area contributed by atoms with Gasteiger partial charge in [-0.3, -0.25) is 4.79 Å². The molecule has 0 bridgehead atoms. The summed E-state index contributed by atoms with van der Waals surface area (Å²) in [6.07, 6.45) is -0.345. The molecule has 0 saturated carbocycles. The fourth-order valence-corrected chi connectivity index (χ4v) is 2.21. The summed E-state index contributed by atoms with van der Waals surface area (Å²) in [6.45, 7) is -0.567. The average Bonchev–Trinajstić information content (AvgIpc) is 2.34. The van der Waals surface area contributed by atoms with Gasteiger partial charge < -0.3 is 5.11 Å². The molecule has 1 aromatic carbocycles. The van der Waals surface area contributed by atoms with Crippen LogP contribution in [0, 0.1) is 11.6 Å². The summed E-state index contributed by atoms with van der Waals surface area (Å²) >= 11 is 0. The van der Waals surface area contributed by atoms with Crippen molar-refractivity contribution in [2.75, 3.05) is 13.6 Å². The Bertz CT molecular complexity index is 592. The molecule has 0 aliphatic heterocycles. The second-order valence-corrected chi connectivity index (χ2v) is 5.89. The molecule has 9 heteroatoms. The van der Waals surface area contributed by atoms with E-state index in [-0.39, 0.29) is 25.1 Å². The number of hydrogen-bond donors (Lipinski definition) is 2. The van der Waals surface area contributed by atoms with Gasteiger partial charge in [-0.05, 0) is 6.07 Å². The Kier molecular flexibility index (Phi) is 5.54. The lowest BCUT2D eigenvalue weighted by Gasteiger charge is -2.16. The molecule has 0 aliphatic carbocycles. The first-order valence-corrected chi connectivity index (χ1v) is 7.03. The van der Waals surface area contributed by atoms with Crippen LogP contribution in [0.25, 0.3) is 0 Å². The van der Waals surface area contributed by atoms with Crippen molar-refractivity contribution in [3.05, 3.63) is 35.4 Å². The Morgan fingerprint density at radius 1 is 1.40 bits per heavy atom. The lowest BCUT2D eigenvalue weighted by molar-refractivity contribution is -0.137. The summed E-state index contributed by atoms with van der Waals surface area (Å²) in [4.78, 5) is 10.4. The van der Waals surface area contributed by atoms with E-state index >= 15 is 0 Å². The van der Waals surface area contributed by atoms with E-state index in [4.69, 9.17) is 5.11 Å².